The molecule has 7 nitrogen and oxygen atoms in total. The van der Waals surface area contributed by atoms with Gasteiger partial charge in [0.2, 0.25) is 0 Å². The predicted molar refractivity (Wildman–Crippen MR) is 121 cm³/mol. The number of methoxy groups -OCH3 is 2. The standard InChI is InChI=1S/C24H20N2O5S/c1-29-19-12-13-20-21(14-19)32-24(26(20)15-22(27)30-2)25-23(28)16-8-10-18(11-9-16)31-17-6-4-3-5-7-17/h3-14H,15H2,1-2H3. The lowest BCUT2D eigenvalue weighted by Crippen LogP contribution is -2.22. The third-order valence-electron chi connectivity index (χ3n) is 4.68. The molecule has 0 N–H and O–H groups in total. The summed E-state index contributed by atoms with van der Waals surface area (Å²) in [5.74, 6) is 1.14. The molecule has 4 aromatic rings. The van der Waals surface area contributed by atoms with Gasteiger partial charge in [0.15, 0.2) is 4.80 Å². The van der Waals surface area contributed by atoms with Crippen molar-refractivity contribution in [2.24, 2.45) is 4.99 Å². The minimum absolute atomic E-state index is 0.0568. The van der Waals surface area contributed by atoms with Crippen molar-refractivity contribution in [3.8, 4) is 17.2 Å². The Labute approximate surface area is 188 Å². The third kappa shape index (κ3) is 4.70. The molecule has 0 aliphatic carbocycles. The lowest BCUT2D eigenvalue weighted by atomic mass is 10.2. The average Bonchev–Trinajstić information content (AvgIpc) is 3.15. The van der Waals surface area contributed by atoms with E-state index in [1.165, 1.54) is 18.4 Å². The molecule has 3 aromatic carbocycles. The maximum Gasteiger partial charge on any atom is 0.325 e. The van der Waals surface area contributed by atoms with Gasteiger partial charge in [0.25, 0.3) is 5.91 Å². The third-order valence-corrected chi connectivity index (χ3v) is 5.72. The molecule has 0 fully saturated rings. The summed E-state index contributed by atoms with van der Waals surface area (Å²) >= 11 is 1.30. The van der Waals surface area contributed by atoms with Crippen LogP contribution in [-0.2, 0) is 16.1 Å². The molecule has 8 heteroatoms. The first-order valence-corrected chi connectivity index (χ1v) is 10.6. The lowest BCUT2D eigenvalue weighted by molar-refractivity contribution is -0.141. The van der Waals surface area contributed by atoms with Crippen LogP contribution in [0.4, 0.5) is 0 Å². The van der Waals surface area contributed by atoms with E-state index in [0.29, 0.717) is 27.6 Å². The smallest absolute Gasteiger partial charge is 0.325 e. The summed E-state index contributed by atoms with van der Waals surface area (Å²) in [6.07, 6.45) is 0. The maximum absolute atomic E-state index is 12.8. The van der Waals surface area contributed by atoms with Crippen molar-refractivity contribution in [2.45, 2.75) is 6.54 Å². The van der Waals surface area contributed by atoms with Gasteiger partial charge in [0.1, 0.15) is 23.8 Å². The van der Waals surface area contributed by atoms with Crippen LogP contribution in [0.1, 0.15) is 10.4 Å². The number of aromatic nitrogens is 1. The highest BCUT2D eigenvalue weighted by Gasteiger charge is 2.13. The van der Waals surface area contributed by atoms with Crippen LogP contribution in [0.3, 0.4) is 0 Å². The zero-order chi connectivity index (χ0) is 22.5. The summed E-state index contributed by atoms with van der Waals surface area (Å²) in [7, 11) is 2.90. The quantitative estimate of drug-likeness (QED) is 0.408. The summed E-state index contributed by atoms with van der Waals surface area (Å²) in [5, 5.41) is 0. The van der Waals surface area contributed by atoms with E-state index in [1.54, 1.807) is 42.0 Å². The number of fused-ring (bicyclic) bond motifs is 1. The van der Waals surface area contributed by atoms with Crippen molar-refractivity contribution in [3.63, 3.8) is 0 Å². The fraction of sp³-hybridized carbons (Fsp3) is 0.125. The van der Waals surface area contributed by atoms with Gasteiger partial charge in [-0.05, 0) is 54.6 Å². The maximum atomic E-state index is 12.8. The number of para-hydroxylation sites is 1. The monoisotopic (exact) mass is 448 g/mol. The van der Waals surface area contributed by atoms with Crippen LogP contribution < -0.4 is 14.3 Å². The number of carbonyl (C=O) groups is 2. The van der Waals surface area contributed by atoms with E-state index in [1.807, 2.05) is 42.5 Å². The molecule has 0 radical (unpaired) electrons. The van der Waals surface area contributed by atoms with E-state index in [2.05, 4.69) is 4.99 Å². The van der Waals surface area contributed by atoms with Crippen LogP contribution in [0.5, 0.6) is 17.2 Å². The second-order valence-electron chi connectivity index (χ2n) is 6.74. The zero-order valence-corrected chi connectivity index (χ0v) is 18.3. The Kier molecular flexibility index (Phi) is 6.32. The molecular formula is C24H20N2O5S. The number of thiazole rings is 1. The van der Waals surface area contributed by atoms with E-state index in [9.17, 15) is 9.59 Å². The molecule has 162 valence electrons. The Balaban J connectivity index is 1.66. The first kappa shape index (κ1) is 21.3. The first-order chi connectivity index (χ1) is 15.6. The minimum Gasteiger partial charge on any atom is -0.497 e. The van der Waals surface area contributed by atoms with E-state index in [4.69, 9.17) is 14.2 Å². The van der Waals surface area contributed by atoms with E-state index >= 15 is 0 Å². The Morgan fingerprint density at radius 2 is 1.59 bits per heavy atom. The molecule has 1 aromatic heterocycles. The minimum atomic E-state index is -0.433. The van der Waals surface area contributed by atoms with Crippen LogP contribution in [0, 0.1) is 0 Å². The molecule has 0 bridgehead atoms. The number of nitrogens with zero attached hydrogens (tertiary/aromatic N) is 2. The molecule has 0 saturated heterocycles. The van der Waals surface area contributed by atoms with Crippen molar-refractivity contribution in [2.75, 3.05) is 14.2 Å². The van der Waals surface area contributed by atoms with Gasteiger partial charge in [-0.2, -0.15) is 4.99 Å². The largest absolute Gasteiger partial charge is 0.497 e. The number of hydrogen-bond donors (Lipinski definition) is 0. The van der Waals surface area contributed by atoms with Gasteiger partial charge < -0.3 is 18.8 Å². The Morgan fingerprint density at radius 1 is 0.906 bits per heavy atom. The van der Waals surface area contributed by atoms with Crippen molar-refractivity contribution >= 4 is 33.4 Å². The summed E-state index contributed by atoms with van der Waals surface area (Å²) in [6.45, 7) is -0.0568. The number of carbonyl (C=O) groups excluding carboxylic acids is 2. The second-order valence-corrected chi connectivity index (χ2v) is 7.75. The highest BCUT2D eigenvalue weighted by atomic mass is 32.1. The van der Waals surface area contributed by atoms with Gasteiger partial charge in [-0.1, -0.05) is 29.5 Å². The lowest BCUT2D eigenvalue weighted by Gasteiger charge is -2.06. The highest BCUT2D eigenvalue weighted by Crippen LogP contribution is 2.24. The molecule has 32 heavy (non-hydrogen) atoms. The molecule has 1 heterocycles. The van der Waals surface area contributed by atoms with Gasteiger partial charge in [0.05, 0.1) is 24.4 Å². The van der Waals surface area contributed by atoms with Gasteiger partial charge in [-0.3, -0.25) is 9.59 Å². The molecule has 0 aliphatic heterocycles. The van der Waals surface area contributed by atoms with Crippen LogP contribution in [0.15, 0.2) is 77.8 Å². The Bertz CT molecular complexity index is 1320. The van der Waals surface area contributed by atoms with Crippen LogP contribution >= 0.6 is 11.3 Å². The number of esters is 1. The van der Waals surface area contributed by atoms with Gasteiger partial charge in [-0.25, -0.2) is 0 Å². The number of hydrogen-bond acceptors (Lipinski definition) is 6. The van der Waals surface area contributed by atoms with Crippen molar-refractivity contribution in [1.82, 2.24) is 4.57 Å². The van der Waals surface area contributed by atoms with Crippen molar-refractivity contribution in [1.29, 1.82) is 0 Å². The second kappa shape index (κ2) is 9.49. The average molecular weight is 449 g/mol. The van der Waals surface area contributed by atoms with Crippen molar-refractivity contribution in [3.05, 3.63) is 83.2 Å². The van der Waals surface area contributed by atoms with Crippen LogP contribution in [0.25, 0.3) is 10.2 Å². The SMILES string of the molecule is COC(=O)Cn1c(=NC(=O)c2ccc(Oc3ccccc3)cc2)sc2cc(OC)ccc21. The number of benzene rings is 3. The first-order valence-electron chi connectivity index (χ1n) is 9.73. The summed E-state index contributed by atoms with van der Waals surface area (Å²) < 4.78 is 18.3. The number of amides is 1. The molecular weight excluding hydrogens is 428 g/mol. The molecule has 0 saturated carbocycles. The van der Waals surface area contributed by atoms with E-state index in [-0.39, 0.29) is 6.54 Å². The van der Waals surface area contributed by atoms with E-state index < -0.39 is 11.9 Å². The topological polar surface area (TPSA) is 79.1 Å². The Morgan fingerprint density at radius 3 is 2.28 bits per heavy atom. The van der Waals surface area contributed by atoms with Gasteiger partial charge in [0, 0.05) is 5.56 Å². The van der Waals surface area contributed by atoms with E-state index in [0.717, 1.165) is 10.2 Å². The van der Waals surface area contributed by atoms with Gasteiger partial charge >= 0.3 is 5.97 Å². The van der Waals surface area contributed by atoms with Crippen LogP contribution in [0.2, 0.25) is 0 Å². The van der Waals surface area contributed by atoms with Gasteiger partial charge in [-0.15, -0.1) is 0 Å². The zero-order valence-electron chi connectivity index (χ0n) is 17.5. The number of rotatable bonds is 6. The summed E-state index contributed by atoms with van der Waals surface area (Å²) in [5.41, 5.74) is 1.17. The molecule has 0 unspecified atom stereocenters. The predicted octanol–water partition coefficient (Wildman–Crippen LogP) is 4.42. The molecule has 0 spiro atoms. The molecule has 0 atom stereocenters. The fourth-order valence-corrected chi connectivity index (χ4v) is 4.11. The highest BCUT2D eigenvalue weighted by molar-refractivity contribution is 7.16. The molecule has 4 rings (SSSR count). The summed E-state index contributed by atoms with van der Waals surface area (Å²) in [4.78, 5) is 29.4. The Hall–Kier alpha value is -3.91. The van der Waals surface area contributed by atoms with Crippen molar-refractivity contribution < 1.29 is 23.8 Å². The normalized spacial score (nSPS) is 11.4. The van der Waals surface area contributed by atoms with Crippen LogP contribution in [-0.4, -0.2) is 30.7 Å². The molecule has 0 aliphatic rings. The summed E-state index contributed by atoms with van der Waals surface area (Å²) in [6, 6.07) is 21.6. The molecule has 1 amide bonds. The number of ether oxygens (including phenoxy) is 3. The fourth-order valence-electron chi connectivity index (χ4n) is 3.05.